The average molecular weight is 439 g/mol. The van der Waals surface area contributed by atoms with Crippen molar-refractivity contribution in [1.29, 1.82) is 0 Å². The highest BCUT2D eigenvalue weighted by molar-refractivity contribution is 8.33. The van der Waals surface area contributed by atoms with Crippen molar-refractivity contribution >= 4 is 20.4 Å². The fourth-order valence-electron chi connectivity index (χ4n) is 2.81. The molecule has 3 nitrogen and oxygen atoms in total. The van der Waals surface area contributed by atoms with Crippen LogP contribution in [0, 0.1) is 34.6 Å². The highest BCUT2D eigenvalue weighted by Gasteiger charge is 2.52. The van der Waals surface area contributed by atoms with Crippen LogP contribution in [0.15, 0.2) is 40.1 Å². The van der Waals surface area contributed by atoms with Crippen LogP contribution in [0.1, 0.15) is 27.8 Å². The van der Waals surface area contributed by atoms with E-state index < -0.39 is 31.9 Å². The summed E-state index contributed by atoms with van der Waals surface area (Å²) in [6, 6.07) is 6.12. The third-order valence-electron chi connectivity index (χ3n) is 4.83. The zero-order chi connectivity index (χ0) is 21.5. The molecule has 0 aliphatic rings. The molecule has 0 N–H and O–H groups in total. The van der Waals surface area contributed by atoms with Crippen LogP contribution in [0.25, 0.3) is 0 Å². The predicted molar refractivity (Wildman–Crippen MR) is 103 cm³/mol. The van der Waals surface area contributed by atoms with E-state index in [1.54, 1.807) is 39.8 Å². The molecule has 0 aromatic heterocycles. The molecule has 2 rings (SSSR count). The van der Waals surface area contributed by atoms with E-state index >= 15 is 0 Å². The first-order valence-electron chi connectivity index (χ1n) is 8.30. The Bertz CT molecular complexity index is 984. The smallest absolute Gasteiger partial charge is 0.238 e. The normalized spacial score (nSPS) is 15.9. The molecule has 9 heteroatoms. The second-order valence-electron chi connectivity index (χ2n) is 6.63. The van der Waals surface area contributed by atoms with Gasteiger partial charge in [0.05, 0.1) is 0 Å². The zero-order valence-corrected chi connectivity index (χ0v) is 17.8. The first kappa shape index (κ1) is 22.7. The molecule has 0 saturated carbocycles. The molecule has 0 amide bonds. The van der Waals surface area contributed by atoms with Gasteiger partial charge in [-0.25, -0.2) is 8.02 Å². The summed E-state index contributed by atoms with van der Waals surface area (Å²) in [4.78, 5) is 0.200. The van der Waals surface area contributed by atoms with E-state index in [0.717, 1.165) is 16.7 Å². The fraction of sp³-hybridized carbons (Fsp3) is 0.368. The first-order valence-corrected chi connectivity index (χ1v) is 11.4. The number of aryl methyl sites for hydroxylation is 2. The number of rotatable bonds is 5. The largest absolute Gasteiger partial charge is 0.523 e. The van der Waals surface area contributed by atoms with Gasteiger partial charge in [-0.2, -0.15) is 21.6 Å². The topological polar surface area (TPSA) is 43.4 Å². The standard InChI is InChI=1S/C19H22F4O3S2/c1-12-6-8-17(9-7-12)27(11-20,26-28(24,25)19(21,22)23)18-10-13(2)14(3)15(4)16(18)5/h6-10H,11H2,1-5H3. The van der Waals surface area contributed by atoms with E-state index in [0.29, 0.717) is 11.1 Å². The molecule has 0 spiro atoms. The summed E-state index contributed by atoms with van der Waals surface area (Å²) in [5, 5.41) is 0. The molecule has 2 aromatic carbocycles. The molecule has 0 radical (unpaired) electrons. The van der Waals surface area contributed by atoms with Crippen LogP contribution in [-0.4, -0.2) is 19.9 Å². The Labute approximate surface area is 164 Å². The fourth-order valence-corrected chi connectivity index (χ4v) is 7.18. The van der Waals surface area contributed by atoms with E-state index in [-0.39, 0.29) is 9.79 Å². The molecule has 1 unspecified atom stereocenters. The Hall–Kier alpha value is -1.58. The van der Waals surface area contributed by atoms with Crippen LogP contribution in [0.5, 0.6) is 0 Å². The van der Waals surface area contributed by atoms with E-state index in [1.165, 1.54) is 18.2 Å². The van der Waals surface area contributed by atoms with Gasteiger partial charge in [0.15, 0.2) is 0 Å². The Balaban J connectivity index is 2.89. The van der Waals surface area contributed by atoms with Crippen molar-refractivity contribution in [3.05, 3.63) is 58.1 Å². The van der Waals surface area contributed by atoms with Crippen molar-refractivity contribution < 1.29 is 29.6 Å². The molecule has 0 aliphatic heterocycles. The van der Waals surface area contributed by atoms with E-state index in [9.17, 15) is 26.0 Å². The third kappa shape index (κ3) is 3.92. The van der Waals surface area contributed by atoms with Crippen molar-refractivity contribution in [3.8, 4) is 0 Å². The van der Waals surface area contributed by atoms with E-state index in [1.807, 2.05) is 6.92 Å². The lowest BCUT2D eigenvalue weighted by molar-refractivity contribution is -0.0496. The average Bonchev–Trinajstić information content (AvgIpc) is 2.61. The molecule has 1 atom stereocenters. The molecule has 2 aromatic rings. The maximum atomic E-state index is 14.5. The number of hydrogen-bond acceptors (Lipinski definition) is 3. The van der Waals surface area contributed by atoms with Crippen LogP contribution >= 0.6 is 10.3 Å². The van der Waals surface area contributed by atoms with Crippen LogP contribution in [0.2, 0.25) is 0 Å². The van der Waals surface area contributed by atoms with Crippen molar-refractivity contribution in [2.75, 3.05) is 6.01 Å². The van der Waals surface area contributed by atoms with Gasteiger partial charge in [0.25, 0.3) is 0 Å². The molecule has 28 heavy (non-hydrogen) atoms. The number of benzene rings is 2. The highest BCUT2D eigenvalue weighted by Crippen LogP contribution is 2.66. The van der Waals surface area contributed by atoms with Gasteiger partial charge in [-0.05, 0) is 85.4 Å². The molecular formula is C19H22F4O3S2. The van der Waals surface area contributed by atoms with Crippen molar-refractivity contribution in [2.45, 2.75) is 49.9 Å². The molecule has 156 valence electrons. The second kappa shape index (κ2) is 7.68. The van der Waals surface area contributed by atoms with Gasteiger partial charge < -0.3 is 0 Å². The zero-order valence-electron chi connectivity index (χ0n) is 16.1. The SMILES string of the molecule is Cc1ccc(S(CF)(OS(=O)(=O)C(F)(F)F)c2cc(C)c(C)c(C)c2C)cc1. The molecule has 0 heterocycles. The lowest BCUT2D eigenvalue weighted by Gasteiger charge is -2.38. The maximum absolute atomic E-state index is 14.5. The van der Waals surface area contributed by atoms with Crippen LogP contribution < -0.4 is 0 Å². The summed E-state index contributed by atoms with van der Waals surface area (Å²) in [6.07, 6.45) is 0. The minimum atomic E-state index is -6.03. The van der Waals surface area contributed by atoms with E-state index in [4.69, 9.17) is 3.63 Å². The number of hydrogen-bond donors (Lipinski definition) is 0. The van der Waals surface area contributed by atoms with Gasteiger partial charge in [-0.1, -0.05) is 17.7 Å². The maximum Gasteiger partial charge on any atom is 0.523 e. The molecule has 0 saturated heterocycles. The Morgan fingerprint density at radius 2 is 1.43 bits per heavy atom. The molecule has 0 bridgehead atoms. The highest BCUT2D eigenvalue weighted by atomic mass is 32.3. The second-order valence-corrected chi connectivity index (χ2v) is 11.0. The predicted octanol–water partition coefficient (Wildman–Crippen LogP) is 6.16. The van der Waals surface area contributed by atoms with Gasteiger partial charge in [0.2, 0.25) is 0 Å². The number of alkyl halides is 4. The summed E-state index contributed by atoms with van der Waals surface area (Å²) in [5.41, 5.74) is -2.00. The minimum absolute atomic E-state index is 0.0687. The van der Waals surface area contributed by atoms with Gasteiger partial charge in [-0.15, -0.1) is 0 Å². The molecular weight excluding hydrogens is 416 g/mol. The van der Waals surface area contributed by atoms with Crippen molar-refractivity contribution in [2.24, 2.45) is 0 Å². The van der Waals surface area contributed by atoms with Gasteiger partial charge in [0.1, 0.15) is 6.01 Å². The van der Waals surface area contributed by atoms with Crippen LogP contribution in [0.3, 0.4) is 0 Å². The lowest BCUT2D eigenvalue weighted by Crippen LogP contribution is -2.28. The van der Waals surface area contributed by atoms with Crippen LogP contribution in [-0.2, 0) is 13.7 Å². The van der Waals surface area contributed by atoms with Crippen molar-refractivity contribution in [3.63, 3.8) is 0 Å². The number of halogens is 4. The Morgan fingerprint density at radius 1 is 0.893 bits per heavy atom. The quantitative estimate of drug-likeness (QED) is 0.415. The third-order valence-corrected chi connectivity index (χ3v) is 9.52. The monoisotopic (exact) mass is 438 g/mol. The summed E-state index contributed by atoms with van der Waals surface area (Å²) in [5.74, 6) is 0. The van der Waals surface area contributed by atoms with Gasteiger partial charge in [-0.3, -0.25) is 0 Å². The molecule has 0 fully saturated rings. The summed E-state index contributed by atoms with van der Waals surface area (Å²) in [7, 11) is -9.65. The van der Waals surface area contributed by atoms with E-state index in [2.05, 4.69) is 0 Å². The van der Waals surface area contributed by atoms with Crippen LogP contribution in [0.4, 0.5) is 17.6 Å². The minimum Gasteiger partial charge on any atom is -0.238 e. The summed E-state index contributed by atoms with van der Waals surface area (Å²) < 4.78 is 82.3. The Morgan fingerprint density at radius 3 is 1.89 bits per heavy atom. The summed E-state index contributed by atoms with van der Waals surface area (Å²) in [6.45, 7) is 8.73. The lowest BCUT2D eigenvalue weighted by atomic mass is 10.00. The molecule has 0 aliphatic carbocycles. The summed E-state index contributed by atoms with van der Waals surface area (Å²) >= 11 is 0. The van der Waals surface area contributed by atoms with Gasteiger partial charge in [0, 0.05) is 9.79 Å². The first-order chi connectivity index (χ1) is 12.8. The van der Waals surface area contributed by atoms with Crippen molar-refractivity contribution in [1.82, 2.24) is 0 Å². The van der Waals surface area contributed by atoms with Gasteiger partial charge >= 0.3 is 15.6 Å². The Kier molecular flexibility index (Phi) is 6.23.